The number of nitrogens with zero attached hydrogens (tertiary/aromatic N) is 5. The Morgan fingerprint density at radius 3 is 2.52 bits per heavy atom. The van der Waals surface area contributed by atoms with Crippen LogP contribution in [0.5, 0.6) is 0 Å². The number of nitrogens with two attached hydrogens (primary N) is 1. The van der Waals surface area contributed by atoms with Gasteiger partial charge in [-0.1, -0.05) is 12.1 Å². The van der Waals surface area contributed by atoms with Crippen LogP contribution in [0.25, 0.3) is 11.3 Å². The monoisotopic (exact) mass is 420 g/mol. The number of amidine groups is 1. The zero-order chi connectivity index (χ0) is 23.0. The molecule has 0 atom stereocenters. The summed E-state index contributed by atoms with van der Waals surface area (Å²) in [5, 5.41) is 15.9. The lowest BCUT2D eigenvalue weighted by atomic mass is 10.1. The average Bonchev–Trinajstić information content (AvgIpc) is 2.73. The van der Waals surface area contributed by atoms with Crippen LogP contribution in [0.2, 0.25) is 0 Å². The first-order valence-electron chi connectivity index (χ1n) is 9.17. The van der Waals surface area contributed by atoms with Gasteiger partial charge >= 0.3 is 6.02 Å². The number of anilines is 1. The lowest BCUT2D eigenvalue weighted by Gasteiger charge is -2.11. The minimum absolute atomic E-state index is 0.0132. The Hall–Kier alpha value is -4.21. The molecule has 1 heterocycles. The molecule has 160 valence electrons. The number of hydrogen-bond acceptors (Lipinski definition) is 8. The Labute approximate surface area is 180 Å². The van der Waals surface area contributed by atoms with E-state index >= 15 is 0 Å². The standard InChI is InChI=1S/C21H24N8O2/c1-13(6-5-11-25-2)27-21(24)31-19(23)17-18(22)26-12-16(28-17)14-7-9-15(10-8-14)20(30)29(3)4/h5-12,23-24H,1-4H3,(H2,22,26)/b6-5-,23-19?,24-21?,25-11?,27-13?. The molecule has 2 aromatic rings. The van der Waals surface area contributed by atoms with Crippen molar-refractivity contribution in [2.45, 2.75) is 6.92 Å². The van der Waals surface area contributed by atoms with Gasteiger partial charge in [0.05, 0.1) is 11.9 Å². The number of benzene rings is 1. The first kappa shape index (κ1) is 23.1. The van der Waals surface area contributed by atoms with Gasteiger partial charge in [-0.3, -0.25) is 15.2 Å². The number of amides is 1. The molecule has 0 saturated carbocycles. The van der Waals surface area contributed by atoms with Crippen LogP contribution in [0.4, 0.5) is 5.82 Å². The predicted molar refractivity (Wildman–Crippen MR) is 122 cm³/mol. The van der Waals surface area contributed by atoms with E-state index in [1.165, 1.54) is 11.1 Å². The minimum atomic E-state index is -0.487. The average molecular weight is 420 g/mol. The number of hydrogen-bond donors (Lipinski definition) is 3. The molecule has 0 aliphatic heterocycles. The molecule has 4 N–H and O–H groups in total. The predicted octanol–water partition coefficient (Wildman–Crippen LogP) is 2.42. The molecule has 0 spiro atoms. The number of rotatable bonds is 5. The van der Waals surface area contributed by atoms with Crippen molar-refractivity contribution in [2.24, 2.45) is 9.98 Å². The van der Waals surface area contributed by atoms with E-state index in [2.05, 4.69) is 20.0 Å². The van der Waals surface area contributed by atoms with Crippen LogP contribution in [0.15, 0.2) is 52.6 Å². The van der Waals surface area contributed by atoms with Gasteiger partial charge in [-0.05, 0) is 31.2 Å². The number of carbonyl (C=O) groups is 1. The maximum absolute atomic E-state index is 12.0. The van der Waals surface area contributed by atoms with Crippen LogP contribution in [0.3, 0.4) is 0 Å². The Bertz CT molecular complexity index is 1070. The number of nitrogen functional groups attached to an aromatic ring is 1. The van der Waals surface area contributed by atoms with E-state index in [0.29, 0.717) is 22.5 Å². The second-order valence-corrected chi connectivity index (χ2v) is 6.52. The summed E-state index contributed by atoms with van der Waals surface area (Å²) in [7, 11) is 5.00. The van der Waals surface area contributed by atoms with E-state index in [0.717, 1.165) is 0 Å². The number of carbonyl (C=O) groups excluding carboxylic acids is 1. The number of allylic oxidation sites excluding steroid dienone is 2. The van der Waals surface area contributed by atoms with Gasteiger partial charge in [-0.2, -0.15) is 0 Å². The van der Waals surface area contributed by atoms with E-state index in [1.807, 2.05) is 0 Å². The van der Waals surface area contributed by atoms with Gasteiger partial charge in [-0.25, -0.2) is 20.4 Å². The first-order valence-corrected chi connectivity index (χ1v) is 9.17. The third-order valence-corrected chi connectivity index (χ3v) is 3.90. The highest BCUT2D eigenvalue weighted by atomic mass is 16.5. The van der Waals surface area contributed by atoms with E-state index in [1.54, 1.807) is 70.7 Å². The topological polar surface area (TPSA) is 154 Å². The molecule has 31 heavy (non-hydrogen) atoms. The van der Waals surface area contributed by atoms with Gasteiger partial charge in [0.15, 0.2) is 11.5 Å². The smallest absolute Gasteiger partial charge is 0.315 e. The fraction of sp³-hybridized carbons (Fsp3) is 0.190. The van der Waals surface area contributed by atoms with E-state index in [9.17, 15) is 4.79 Å². The SMILES string of the molecule is CN=C/C=C\C(C)=NC(=N)OC(=N)c1nc(-c2ccc(C(=O)N(C)C)cc2)cnc1N. The molecule has 1 aromatic heterocycles. The molecule has 10 nitrogen and oxygen atoms in total. The van der Waals surface area contributed by atoms with Crippen LogP contribution in [0, 0.1) is 10.8 Å². The molecule has 2 rings (SSSR count). The van der Waals surface area contributed by atoms with Crippen molar-refractivity contribution >= 4 is 35.6 Å². The van der Waals surface area contributed by atoms with Crippen LogP contribution in [0.1, 0.15) is 23.0 Å². The minimum Gasteiger partial charge on any atom is -0.404 e. The maximum Gasteiger partial charge on any atom is 0.315 e. The zero-order valence-electron chi connectivity index (χ0n) is 17.7. The van der Waals surface area contributed by atoms with Gasteiger partial charge in [0.2, 0.25) is 5.90 Å². The molecule has 0 aliphatic rings. The normalized spacial score (nSPS) is 11.7. The maximum atomic E-state index is 12.0. The highest BCUT2D eigenvalue weighted by molar-refractivity contribution is 6.06. The number of aromatic nitrogens is 2. The molecule has 1 aromatic carbocycles. The van der Waals surface area contributed by atoms with Crippen molar-refractivity contribution in [3.05, 3.63) is 53.9 Å². The number of nitrogens with one attached hydrogen (secondary N) is 2. The first-order chi connectivity index (χ1) is 14.7. The molecular weight excluding hydrogens is 396 g/mol. The summed E-state index contributed by atoms with van der Waals surface area (Å²) in [5.41, 5.74) is 7.99. The second-order valence-electron chi connectivity index (χ2n) is 6.52. The van der Waals surface area contributed by atoms with Crippen molar-refractivity contribution < 1.29 is 9.53 Å². The van der Waals surface area contributed by atoms with Gasteiger partial charge in [0, 0.05) is 44.2 Å². The van der Waals surface area contributed by atoms with Crippen LogP contribution in [-0.4, -0.2) is 65.8 Å². The van der Waals surface area contributed by atoms with Crippen molar-refractivity contribution in [1.29, 1.82) is 10.8 Å². The summed E-state index contributed by atoms with van der Waals surface area (Å²) in [6, 6.07) is 6.33. The Morgan fingerprint density at radius 2 is 1.90 bits per heavy atom. The fourth-order valence-electron chi connectivity index (χ4n) is 2.38. The molecule has 0 fully saturated rings. The van der Waals surface area contributed by atoms with Crippen molar-refractivity contribution in [3.8, 4) is 11.3 Å². The number of aliphatic imine (C=N–C) groups is 2. The van der Waals surface area contributed by atoms with Gasteiger partial charge in [0.25, 0.3) is 5.91 Å². The quantitative estimate of drug-likeness (QED) is 0.501. The highest BCUT2D eigenvalue weighted by Gasteiger charge is 2.15. The molecule has 0 aliphatic carbocycles. The zero-order valence-corrected chi connectivity index (χ0v) is 17.7. The Kier molecular flexibility index (Phi) is 7.84. The highest BCUT2D eigenvalue weighted by Crippen LogP contribution is 2.20. The van der Waals surface area contributed by atoms with Gasteiger partial charge in [-0.15, -0.1) is 0 Å². The molecule has 0 saturated heterocycles. The molecule has 0 bridgehead atoms. The lowest BCUT2D eigenvalue weighted by Crippen LogP contribution is -2.21. The summed E-state index contributed by atoms with van der Waals surface area (Å²) < 4.78 is 5.14. The summed E-state index contributed by atoms with van der Waals surface area (Å²) in [6.45, 7) is 1.68. The molecule has 0 radical (unpaired) electrons. The second kappa shape index (κ2) is 10.5. The largest absolute Gasteiger partial charge is 0.404 e. The summed E-state index contributed by atoms with van der Waals surface area (Å²) in [6.07, 6.45) is 6.36. The summed E-state index contributed by atoms with van der Waals surface area (Å²) in [5.74, 6) is -0.579. The van der Waals surface area contributed by atoms with Crippen LogP contribution in [-0.2, 0) is 4.74 Å². The van der Waals surface area contributed by atoms with Crippen molar-refractivity contribution in [2.75, 3.05) is 26.9 Å². The molecular formula is C21H24N8O2. The third-order valence-electron chi connectivity index (χ3n) is 3.90. The molecule has 0 unspecified atom stereocenters. The third kappa shape index (κ3) is 6.39. The van der Waals surface area contributed by atoms with Crippen molar-refractivity contribution in [3.63, 3.8) is 0 Å². The van der Waals surface area contributed by atoms with Crippen molar-refractivity contribution in [1.82, 2.24) is 14.9 Å². The Morgan fingerprint density at radius 1 is 1.23 bits per heavy atom. The fourth-order valence-corrected chi connectivity index (χ4v) is 2.38. The molecule has 10 heteroatoms. The molecule has 1 amide bonds. The van der Waals surface area contributed by atoms with Crippen LogP contribution >= 0.6 is 0 Å². The summed E-state index contributed by atoms with van der Waals surface area (Å²) >= 11 is 0. The van der Waals surface area contributed by atoms with E-state index in [4.69, 9.17) is 21.3 Å². The Balaban J connectivity index is 2.20. The lowest BCUT2D eigenvalue weighted by molar-refractivity contribution is 0.0827. The number of ether oxygens (including phenoxy) is 1. The van der Waals surface area contributed by atoms with E-state index < -0.39 is 11.9 Å². The van der Waals surface area contributed by atoms with E-state index in [-0.39, 0.29) is 17.4 Å². The summed E-state index contributed by atoms with van der Waals surface area (Å²) in [4.78, 5) is 29.7. The van der Waals surface area contributed by atoms with Gasteiger partial charge < -0.3 is 15.4 Å². The van der Waals surface area contributed by atoms with Crippen LogP contribution < -0.4 is 5.73 Å². The van der Waals surface area contributed by atoms with Gasteiger partial charge in [0.1, 0.15) is 0 Å².